The van der Waals surface area contributed by atoms with Crippen molar-refractivity contribution in [2.75, 3.05) is 23.9 Å². The number of anilines is 4. The van der Waals surface area contributed by atoms with Crippen LogP contribution < -0.4 is 9.80 Å². The van der Waals surface area contributed by atoms with Gasteiger partial charge in [-0.2, -0.15) is 0 Å². The van der Waals surface area contributed by atoms with Crippen LogP contribution in [0.2, 0.25) is 0 Å². The molecule has 0 saturated heterocycles. The molecule has 3 aromatic carbocycles. The van der Waals surface area contributed by atoms with Gasteiger partial charge in [-0.05, 0) is 47.0 Å². The molecule has 6 heteroatoms. The van der Waals surface area contributed by atoms with Crippen molar-refractivity contribution in [1.82, 2.24) is 9.97 Å². The Morgan fingerprint density at radius 2 is 1.17 bits per heavy atom. The maximum atomic E-state index is 12.6. The van der Waals surface area contributed by atoms with Gasteiger partial charge in [0, 0.05) is 52.4 Å². The van der Waals surface area contributed by atoms with Crippen molar-refractivity contribution >= 4 is 22.7 Å². The van der Waals surface area contributed by atoms with Crippen molar-refractivity contribution in [2.45, 2.75) is 0 Å². The number of rotatable bonds is 2. The summed E-state index contributed by atoms with van der Waals surface area (Å²) in [5.41, 5.74) is 8.30. The Labute approximate surface area is 224 Å². The molecule has 1 radical (unpaired) electrons. The first-order valence-corrected chi connectivity index (χ1v) is 11.2. The molecular formula is C30H23FIrN4-2. The van der Waals surface area contributed by atoms with Gasteiger partial charge in [0.2, 0.25) is 0 Å². The second kappa shape index (κ2) is 11.3. The largest absolute Gasteiger partial charge is 0.381 e. The molecule has 2 aromatic heterocycles. The average Bonchev–Trinajstić information content (AvgIpc) is 2.93. The van der Waals surface area contributed by atoms with Gasteiger partial charge in [0.1, 0.15) is 0 Å². The number of aromatic nitrogens is 2. The van der Waals surface area contributed by atoms with Crippen LogP contribution in [0.1, 0.15) is 0 Å². The summed E-state index contributed by atoms with van der Waals surface area (Å²) >= 11 is 0. The smallest absolute Gasteiger partial charge is 0.0629 e. The Balaban J connectivity index is 0.000000187. The fourth-order valence-corrected chi connectivity index (χ4v) is 4.06. The van der Waals surface area contributed by atoms with Gasteiger partial charge in [-0.1, -0.05) is 36.4 Å². The third kappa shape index (κ3) is 5.20. The Morgan fingerprint density at radius 3 is 1.72 bits per heavy atom. The van der Waals surface area contributed by atoms with E-state index in [9.17, 15) is 4.39 Å². The first-order chi connectivity index (χ1) is 17.1. The number of hydrogen-bond acceptors (Lipinski definition) is 4. The van der Waals surface area contributed by atoms with Crippen molar-refractivity contribution in [3.05, 3.63) is 121 Å². The van der Waals surface area contributed by atoms with E-state index in [0.717, 1.165) is 28.2 Å². The van der Waals surface area contributed by atoms with Crippen LogP contribution in [-0.2, 0) is 20.1 Å². The van der Waals surface area contributed by atoms with Crippen LogP contribution in [0.3, 0.4) is 0 Å². The van der Waals surface area contributed by atoms with E-state index in [4.69, 9.17) is 0 Å². The maximum Gasteiger partial charge on any atom is 0.0629 e. The molecule has 4 nitrogen and oxygen atoms in total. The number of nitrogens with zero attached hydrogens (tertiary/aromatic N) is 4. The zero-order valence-corrected chi connectivity index (χ0v) is 22.2. The molecule has 1 aliphatic heterocycles. The summed E-state index contributed by atoms with van der Waals surface area (Å²) in [6.45, 7) is 0. The number of hydrogen-bond donors (Lipinski definition) is 0. The summed E-state index contributed by atoms with van der Waals surface area (Å²) in [6, 6.07) is 34.7. The Hall–Kier alpha value is -3.86. The standard InChI is InChI=1S/C19H16N3.C11H7FN.Ir/c1-21-16-8-3-4-9-17(16)22(2)19-13-14(10-11-18(19)21)15-7-5-6-12-20-15;12-10-6-4-9(5-7-10)11-3-1-2-8-13-11;/h3-9,11-13H,1-2H3;1-4,6-8H;/q2*-1;. The quantitative estimate of drug-likeness (QED) is 0.191. The normalized spacial score (nSPS) is 11.4. The second-order valence-electron chi connectivity index (χ2n) is 8.07. The third-order valence-corrected chi connectivity index (χ3v) is 5.89. The average molecular weight is 651 g/mol. The molecule has 0 saturated carbocycles. The SMILES string of the molecule is CN1c2c[c-]c(-c3ccccn3)cc2N(C)c2ccccc21.Fc1c[c-]c(-c2ccccn2)cc1.[Ir]. The van der Waals surface area contributed by atoms with Crippen molar-refractivity contribution in [3.8, 4) is 22.5 Å². The van der Waals surface area contributed by atoms with E-state index in [2.05, 4.69) is 76.3 Å². The van der Waals surface area contributed by atoms with Gasteiger partial charge in [0.05, 0.1) is 11.4 Å². The second-order valence-corrected chi connectivity index (χ2v) is 8.07. The van der Waals surface area contributed by atoms with Crippen molar-refractivity contribution in [1.29, 1.82) is 0 Å². The van der Waals surface area contributed by atoms with Gasteiger partial charge in [-0.25, -0.2) is 0 Å². The first-order valence-electron chi connectivity index (χ1n) is 11.2. The minimum Gasteiger partial charge on any atom is -0.381 e. The van der Waals surface area contributed by atoms with Crippen molar-refractivity contribution < 1.29 is 24.5 Å². The topological polar surface area (TPSA) is 32.3 Å². The van der Waals surface area contributed by atoms with E-state index in [1.807, 2.05) is 48.7 Å². The van der Waals surface area contributed by atoms with Gasteiger partial charge >= 0.3 is 0 Å². The molecule has 0 aliphatic carbocycles. The van der Waals surface area contributed by atoms with E-state index in [1.165, 1.54) is 29.2 Å². The zero-order valence-electron chi connectivity index (χ0n) is 19.8. The number of para-hydroxylation sites is 2. The fraction of sp³-hybridized carbons (Fsp3) is 0.0667. The number of pyridine rings is 2. The summed E-state index contributed by atoms with van der Waals surface area (Å²) in [6.07, 6.45) is 3.51. The van der Waals surface area contributed by atoms with Crippen molar-refractivity contribution in [3.63, 3.8) is 0 Å². The van der Waals surface area contributed by atoms with Crippen LogP contribution >= 0.6 is 0 Å². The van der Waals surface area contributed by atoms with Crippen LogP contribution in [-0.4, -0.2) is 24.1 Å². The molecule has 0 atom stereocenters. The minimum atomic E-state index is -0.278. The Bertz CT molecular complexity index is 1430. The maximum absolute atomic E-state index is 12.6. The number of fused-ring (bicyclic) bond motifs is 2. The molecule has 0 bridgehead atoms. The molecule has 3 heterocycles. The zero-order chi connectivity index (χ0) is 24.2. The summed E-state index contributed by atoms with van der Waals surface area (Å²) in [4.78, 5) is 13.0. The van der Waals surface area contributed by atoms with Crippen LogP contribution in [0, 0.1) is 17.9 Å². The molecule has 0 amide bonds. The van der Waals surface area contributed by atoms with E-state index in [0.29, 0.717) is 0 Å². The minimum absolute atomic E-state index is 0. The van der Waals surface area contributed by atoms with Crippen LogP contribution in [0.4, 0.5) is 27.1 Å². The number of halogens is 1. The third-order valence-electron chi connectivity index (χ3n) is 5.89. The fourth-order valence-electron chi connectivity index (χ4n) is 4.06. The summed E-state index contributed by atoms with van der Waals surface area (Å²) < 4.78 is 12.6. The molecule has 6 rings (SSSR count). The molecule has 5 aromatic rings. The predicted octanol–water partition coefficient (Wildman–Crippen LogP) is 7.08. The Morgan fingerprint density at radius 1 is 0.611 bits per heavy atom. The molecule has 36 heavy (non-hydrogen) atoms. The molecular weight excluding hydrogens is 628 g/mol. The molecule has 181 valence electrons. The van der Waals surface area contributed by atoms with Crippen molar-refractivity contribution in [2.24, 2.45) is 0 Å². The van der Waals surface area contributed by atoms with Gasteiger partial charge in [-0.15, -0.1) is 53.6 Å². The van der Waals surface area contributed by atoms with Gasteiger partial charge in [0.25, 0.3) is 0 Å². The van der Waals surface area contributed by atoms with E-state index in [-0.39, 0.29) is 25.9 Å². The molecule has 0 spiro atoms. The van der Waals surface area contributed by atoms with E-state index < -0.39 is 0 Å². The van der Waals surface area contributed by atoms with Gasteiger partial charge < -0.3 is 19.8 Å². The van der Waals surface area contributed by atoms with Crippen LogP contribution in [0.5, 0.6) is 0 Å². The number of benzene rings is 3. The van der Waals surface area contributed by atoms with Gasteiger partial charge in [-0.3, -0.25) is 4.39 Å². The van der Waals surface area contributed by atoms with E-state index >= 15 is 0 Å². The Kier molecular flexibility index (Phi) is 7.89. The summed E-state index contributed by atoms with van der Waals surface area (Å²) in [7, 11) is 4.20. The molecule has 0 unspecified atom stereocenters. The monoisotopic (exact) mass is 651 g/mol. The van der Waals surface area contributed by atoms with E-state index in [1.54, 1.807) is 12.3 Å². The van der Waals surface area contributed by atoms with Gasteiger partial charge in [0.15, 0.2) is 0 Å². The van der Waals surface area contributed by atoms with Crippen LogP contribution in [0.15, 0.2) is 103 Å². The molecule has 1 aliphatic rings. The first kappa shape index (κ1) is 25.2. The summed E-state index contributed by atoms with van der Waals surface area (Å²) in [5.74, 6) is -0.278. The predicted molar refractivity (Wildman–Crippen MR) is 140 cm³/mol. The van der Waals surface area contributed by atoms with Crippen LogP contribution in [0.25, 0.3) is 22.5 Å². The molecule has 0 N–H and O–H groups in total. The molecule has 0 fully saturated rings. The summed E-state index contributed by atoms with van der Waals surface area (Å²) in [5, 5.41) is 0.